The van der Waals surface area contributed by atoms with E-state index in [2.05, 4.69) is 118 Å². The first kappa shape index (κ1) is 19.6. The lowest BCUT2D eigenvalue weighted by atomic mass is 9.97. The fourth-order valence-corrected chi connectivity index (χ4v) is 6.64. The number of fused-ring (bicyclic) bond motifs is 1. The maximum absolute atomic E-state index is 2.45. The highest BCUT2D eigenvalue weighted by molar-refractivity contribution is 7.00. The third-order valence-electron chi connectivity index (χ3n) is 6.32. The van der Waals surface area contributed by atoms with E-state index in [1.54, 1.807) is 0 Å². The summed E-state index contributed by atoms with van der Waals surface area (Å²) in [6, 6.07) is 27.3. The smallest absolute Gasteiger partial charge is 0.200 e. The number of rotatable bonds is 4. The van der Waals surface area contributed by atoms with E-state index in [9.17, 15) is 0 Å². The number of pyridine rings is 1. The lowest BCUT2D eigenvalue weighted by molar-refractivity contribution is -0.659. The van der Waals surface area contributed by atoms with Gasteiger partial charge in [0.25, 0.3) is 0 Å². The van der Waals surface area contributed by atoms with Crippen LogP contribution >= 0.6 is 0 Å². The Morgan fingerprint density at radius 3 is 2.31 bits per heavy atom. The van der Waals surface area contributed by atoms with Gasteiger partial charge in [0.1, 0.15) is 15.1 Å². The molecule has 4 aromatic rings. The Morgan fingerprint density at radius 1 is 0.828 bits per heavy atom. The zero-order valence-corrected chi connectivity index (χ0v) is 19.2. The predicted octanol–water partition coefficient (Wildman–Crippen LogP) is 5.02. The molecule has 0 spiro atoms. The van der Waals surface area contributed by atoms with Crippen molar-refractivity contribution in [2.75, 3.05) is 0 Å². The van der Waals surface area contributed by atoms with E-state index in [4.69, 9.17) is 0 Å². The molecule has 1 aromatic heterocycles. The molecule has 0 bridgehead atoms. The topological polar surface area (TPSA) is 3.88 Å². The molecule has 0 saturated carbocycles. The lowest BCUT2D eigenvalue weighted by Gasteiger charge is -2.24. The van der Waals surface area contributed by atoms with E-state index in [1.807, 2.05) is 0 Å². The zero-order chi connectivity index (χ0) is 20.6. The Balaban J connectivity index is 1.91. The summed E-state index contributed by atoms with van der Waals surface area (Å²) in [5.41, 5.74) is 5.36. The zero-order valence-electron chi connectivity index (χ0n) is 18.2. The van der Waals surface area contributed by atoms with Crippen LogP contribution in [0, 0.1) is 6.92 Å². The van der Waals surface area contributed by atoms with Crippen molar-refractivity contribution in [1.29, 1.82) is 0 Å². The summed E-state index contributed by atoms with van der Waals surface area (Å²) < 4.78 is 2.27. The number of benzene rings is 3. The molecule has 0 amide bonds. The number of nitrogens with zero attached hydrogens (tertiary/aromatic N) is 1. The summed E-state index contributed by atoms with van der Waals surface area (Å²) in [6.07, 6.45) is 3.26. The van der Waals surface area contributed by atoms with Crippen LogP contribution in [0.2, 0.25) is 13.1 Å². The van der Waals surface area contributed by atoms with Gasteiger partial charge in [0, 0.05) is 11.6 Å². The van der Waals surface area contributed by atoms with Crippen LogP contribution in [-0.2, 0) is 13.5 Å². The van der Waals surface area contributed by atoms with Gasteiger partial charge in [-0.05, 0) is 42.0 Å². The third-order valence-corrected chi connectivity index (χ3v) is 9.85. The average Bonchev–Trinajstić information content (AvgIpc) is 2.74. The molecule has 0 saturated heterocycles. The van der Waals surface area contributed by atoms with Gasteiger partial charge in [0.2, 0.25) is 5.69 Å². The third kappa shape index (κ3) is 3.53. The van der Waals surface area contributed by atoms with Crippen molar-refractivity contribution in [3.63, 3.8) is 0 Å². The molecule has 0 atom stereocenters. The molecule has 2 heteroatoms. The van der Waals surface area contributed by atoms with Crippen LogP contribution < -0.4 is 14.9 Å². The minimum Gasteiger partial charge on any atom is -0.200 e. The maximum Gasteiger partial charge on any atom is 0.220 e. The first-order valence-electron chi connectivity index (χ1n) is 10.5. The van der Waals surface area contributed by atoms with Crippen LogP contribution in [0.4, 0.5) is 0 Å². The second-order valence-corrected chi connectivity index (χ2v) is 13.0. The predicted molar refractivity (Wildman–Crippen MR) is 128 cm³/mol. The Kier molecular flexibility index (Phi) is 5.14. The van der Waals surface area contributed by atoms with Crippen LogP contribution in [0.1, 0.15) is 18.1 Å². The van der Waals surface area contributed by atoms with Gasteiger partial charge >= 0.3 is 0 Å². The first-order valence-corrected chi connectivity index (χ1v) is 13.5. The Labute approximate surface area is 175 Å². The van der Waals surface area contributed by atoms with Gasteiger partial charge in [-0.1, -0.05) is 85.0 Å². The number of hydrogen-bond donors (Lipinski definition) is 0. The van der Waals surface area contributed by atoms with E-state index in [-0.39, 0.29) is 0 Å². The summed E-state index contributed by atoms with van der Waals surface area (Å²) in [5, 5.41) is 5.61. The van der Waals surface area contributed by atoms with Crippen molar-refractivity contribution in [1.82, 2.24) is 0 Å². The van der Waals surface area contributed by atoms with Crippen molar-refractivity contribution in [2.45, 2.75) is 33.4 Å². The molecule has 1 heterocycles. The molecule has 0 N–H and O–H groups in total. The van der Waals surface area contributed by atoms with Crippen molar-refractivity contribution in [3.8, 4) is 11.3 Å². The van der Waals surface area contributed by atoms with Gasteiger partial charge in [0.15, 0.2) is 6.20 Å². The van der Waals surface area contributed by atoms with E-state index in [0.717, 1.165) is 6.42 Å². The summed E-state index contributed by atoms with van der Waals surface area (Å²) in [4.78, 5) is 0. The summed E-state index contributed by atoms with van der Waals surface area (Å²) in [6.45, 7) is 9.33. The monoisotopic (exact) mass is 396 g/mol. The fraction of sp³-hybridized carbons (Fsp3) is 0.222. The molecule has 29 heavy (non-hydrogen) atoms. The lowest BCUT2D eigenvalue weighted by Crippen LogP contribution is -2.52. The number of hydrogen-bond acceptors (Lipinski definition) is 0. The van der Waals surface area contributed by atoms with Gasteiger partial charge < -0.3 is 0 Å². The average molecular weight is 397 g/mol. The Hall–Kier alpha value is -2.71. The summed E-state index contributed by atoms with van der Waals surface area (Å²) in [5.74, 6) is 0. The van der Waals surface area contributed by atoms with Crippen LogP contribution in [0.15, 0.2) is 79.0 Å². The van der Waals surface area contributed by atoms with E-state index in [0.29, 0.717) is 0 Å². The molecule has 0 aliphatic carbocycles. The molecule has 0 aliphatic rings. The summed E-state index contributed by atoms with van der Waals surface area (Å²) >= 11 is 0. The van der Waals surface area contributed by atoms with Crippen LogP contribution in [0.3, 0.4) is 0 Å². The van der Waals surface area contributed by atoms with Gasteiger partial charge in [-0.3, -0.25) is 0 Å². The quantitative estimate of drug-likeness (QED) is 0.337. The second kappa shape index (κ2) is 7.60. The van der Waals surface area contributed by atoms with Gasteiger partial charge in [-0.25, -0.2) is 4.57 Å². The Morgan fingerprint density at radius 2 is 1.59 bits per heavy atom. The molecule has 0 fully saturated rings. The van der Waals surface area contributed by atoms with Crippen LogP contribution in [0.25, 0.3) is 22.0 Å². The molecule has 1 nitrogen and oxygen atoms in total. The highest BCUT2D eigenvalue weighted by Crippen LogP contribution is 2.28. The normalized spacial score (nSPS) is 11.8. The maximum atomic E-state index is 2.45. The Bertz CT molecular complexity index is 1180. The number of aromatic nitrogens is 1. The van der Waals surface area contributed by atoms with Crippen molar-refractivity contribution in [2.24, 2.45) is 7.05 Å². The molecule has 3 aromatic carbocycles. The largest absolute Gasteiger partial charge is 0.220 e. The van der Waals surface area contributed by atoms with E-state index in [1.165, 1.54) is 43.5 Å². The SMILES string of the molecule is CCc1ccc(C)c(-c2c3ccc([Si](C)(C)c4ccccc4)cc3cc[n+]2C)c1. The molecular weight excluding hydrogens is 366 g/mol. The standard InChI is InChI=1S/C27H30NSi/c1-6-21-13-12-20(2)26(18-21)27-25-15-14-24(19-22(25)16-17-28(27)3)29(4,5)23-10-8-7-9-11-23/h7-19H,6H2,1-5H3/q+1. The van der Waals surface area contributed by atoms with Gasteiger partial charge in [-0.2, -0.15) is 0 Å². The molecule has 0 unspecified atom stereocenters. The highest BCUT2D eigenvalue weighted by Gasteiger charge is 2.27. The molecular formula is C27H30NSi+. The number of aryl methyl sites for hydroxylation is 3. The molecule has 0 aliphatic heterocycles. The van der Waals surface area contributed by atoms with Gasteiger partial charge in [0.05, 0.1) is 5.39 Å². The van der Waals surface area contributed by atoms with Crippen molar-refractivity contribution in [3.05, 3.63) is 90.1 Å². The minimum atomic E-state index is -1.72. The molecule has 146 valence electrons. The van der Waals surface area contributed by atoms with Crippen LogP contribution in [0.5, 0.6) is 0 Å². The molecule has 0 radical (unpaired) electrons. The minimum absolute atomic E-state index is 1.06. The van der Waals surface area contributed by atoms with E-state index < -0.39 is 8.07 Å². The van der Waals surface area contributed by atoms with Crippen LogP contribution in [-0.4, -0.2) is 8.07 Å². The highest BCUT2D eigenvalue weighted by atomic mass is 28.3. The second-order valence-electron chi connectivity index (χ2n) is 8.57. The fourth-order valence-electron chi connectivity index (χ4n) is 4.26. The van der Waals surface area contributed by atoms with Crippen molar-refractivity contribution < 1.29 is 4.57 Å². The molecule has 4 rings (SSSR count). The van der Waals surface area contributed by atoms with Crippen molar-refractivity contribution >= 4 is 29.2 Å². The first-order chi connectivity index (χ1) is 13.9. The van der Waals surface area contributed by atoms with Gasteiger partial charge in [-0.15, -0.1) is 0 Å². The summed E-state index contributed by atoms with van der Waals surface area (Å²) in [7, 11) is 0.441. The van der Waals surface area contributed by atoms with E-state index >= 15 is 0 Å².